The van der Waals surface area contributed by atoms with Gasteiger partial charge in [-0.1, -0.05) is 25.1 Å². The second-order valence-corrected chi connectivity index (χ2v) is 4.57. The van der Waals surface area contributed by atoms with E-state index in [-0.39, 0.29) is 0 Å². The predicted octanol–water partition coefficient (Wildman–Crippen LogP) is 3.51. The van der Waals surface area contributed by atoms with Crippen LogP contribution in [0.15, 0.2) is 48.8 Å². The molecule has 2 heterocycles. The number of hydrogen-bond donors (Lipinski definition) is 1. The monoisotopic (exact) mass is 264 g/mol. The van der Waals surface area contributed by atoms with Crippen molar-refractivity contribution >= 4 is 16.9 Å². The second kappa shape index (κ2) is 5.65. The summed E-state index contributed by atoms with van der Waals surface area (Å²) < 4.78 is 0. The average Bonchev–Trinajstić information content (AvgIpc) is 2.52. The van der Waals surface area contributed by atoms with Crippen LogP contribution in [-0.2, 0) is 0 Å². The van der Waals surface area contributed by atoms with E-state index in [2.05, 4.69) is 39.3 Å². The van der Waals surface area contributed by atoms with Gasteiger partial charge < -0.3 is 5.32 Å². The number of nitrogens with zero attached hydrogens (tertiary/aromatic N) is 3. The van der Waals surface area contributed by atoms with Crippen molar-refractivity contribution in [2.75, 3.05) is 11.9 Å². The molecule has 3 rings (SSSR count). The van der Waals surface area contributed by atoms with Crippen LogP contribution in [0.3, 0.4) is 0 Å². The first-order chi connectivity index (χ1) is 9.88. The van der Waals surface area contributed by atoms with Crippen molar-refractivity contribution in [1.82, 2.24) is 15.0 Å². The maximum Gasteiger partial charge on any atom is 0.223 e. The molecule has 100 valence electrons. The minimum atomic E-state index is 0.672. The number of benzene rings is 1. The Balaban J connectivity index is 2.06. The van der Waals surface area contributed by atoms with E-state index in [0.29, 0.717) is 5.95 Å². The minimum Gasteiger partial charge on any atom is -0.354 e. The first-order valence-electron chi connectivity index (χ1n) is 6.79. The highest BCUT2D eigenvalue weighted by Gasteiger charge is 2.06. The van der Waals surface area contributed by atoms with Crippen LogP contribution in [0.5, 0.6) is 0 Å². The Labute approximate surface area is 117 Å². The summed E-state index contributed by atoms with van der Waals surface area (Å²) in [6.45, 7) is 2.99. The van der Waals surface area contributed by atoms with E-state index < -0.39 is 0 Å². The molecule has 0 aliphatic carbocycles. The van der Waals surface area contributed by atoms with Crippen LogP contribution in [-0.4, -0.2) is 21.5 Å². The molecule has 0 bridgehead atoms. The summed E-state index contributed by atoms with van der Waals surface area (Å²) in [4.78, 5) is 13.2. The number of nitrogens with one attached hydrogen (secondary N) is 1. The molecule has 0 saturated heterocycles. The fraction of sp³-hybridized carbons (Fsp3) is 0.188. The lowest BCUT2D eigenvalue weighted by Crippen LogP contribution is -2.04. The molecule has 0 unspecified atom stereocenters. The molecule has 0 aliphatic heterocycles. The zero-order valence-electron chi connectivity index (χ0n) is 11.4. The number of aromatic nitrogens is 3. The fourth-order valence-electron chi connectivity index (χ4n) is 2.16. The lowest BCUT2D eigenvalue weighted by atomic mass is 10.1. The SMILES string of the molecule is CCCNc1nccc(-c2cccc3ncccc23)n1. The maximum atomic E-state index is 4.58. The normalized spacial score (nSPS) is 10.7. The van der Waals surface area contributed by atoms with E-state index in [0.717, 1.165) is 35.1 Å². The topological polar surface area (TPSA) is 50.7 Å². The van der Waals surface area contributed by atoms with Crippen molar-refractivity contribution < 1.29 is 0 Å². The molecular formula is C16H16N4. The first kappa shape index (κ1) is 12.5. The minimum absolute atomic E-state index is 0.672. The molecule has 2 aromatic heterocycles. The smallest absolute Gasteiger partial charge is 0.223 e. The van der Waals surface area contributed by atoms with Crippen LogP contribution in [0.4, 0.5) is 5.95 Å². The molecule has 0 atom stereocenters. The van der Waals surface area contributed by atoms with Crippen LogP contribution in [0, 0.1) is 0 Å². The van der Waals surface area contributed by atoms with Gasteiger partial charge in [-0.25, -0.2) is 9.97 Å². The number of fused-ring (bicyclic) bond motifs is 1. The highest BCUT2D eigenvalue weighted by Crippen LogP contribution is 2.26. The predicted molar refractivity (Wildman–Crippen MR) is 81.5 cm³/mol. The Bertz CT molecular complexity index is 719. The van der Waals surface area contributed by atoms with Gasteiger partial charge >= 0.3 is 0 Å². The Hall–Kier alpha value is -2.49. The van der Waals surface area contributed by atoms with E-state index in [1.165, 1.54) is 0 Å². The van der Waals surface area contributed by atoms with Crippen LogP contribution in [0.25, 0.3) is 22.2 Å². The molecule has 4 nitrogen and oxygen atoms in total. The molecule has 4 heteroatoms. The highest BCUT2D eigenvalue weighted by molar-refractivity contribution is 5.93. The summed E-state index contributed by atoms with van der Waals surface area (Å²) >= 11 is 0. The van der Waals surface area contributed by atoms with E-state index >= 15 is 0 Å². The molecule has 1 N–H and O–H groups in total. The third-order valence-electron chi connectivity index (χ3n) is 3.11. The number of rotatable bonds is 4. The molecule has 0 aliphatic rings. The van der Waals surface area contributed by atoms with Gasteiger partial charge in [-0.2, -0.15) is 0 Å². The summed E-state index contributed by atoms with van der Waals surface area (Å²) in [7, 11) is 0. The van der Waals surface area contributed by atoms with Gasteiger partial charge in [0.05, 0.1) is 11.2 Å². The summed E-state index contributed by atoms with van der Waals surface area (Å²) in [6.07, 6.45) is 4.64. The molecular weight excluding hydrogens is 248 g/mol. The maximum absolute atomic E-state index is 4.58. The van der Waals surface area contributed by atoms with Crippen LogP contribution < -0.4 is 5.32 Å². The third-order valence-corrected chi connectivity index (χ3v) is 3.11. The third kappa shape index (κ3) is 2.45. The summed E-state index contributed by atoms with van der Waals surface area (Å²) in [5, 5.41) is 4.32. The Morgan fingerprint density at radius 2 is 1.95 bits per heavy atom. The van der Waals surface area contributed by atoms with Gasteiger partial charge in [-0.05, 0) is 24.6 Å². The largest absolute Gasteiger partial charge is 0.354 e. The lowest BCUT2D eigenvalue weighted by molar-refractivity contribution is 0.953. The first-order valence-corrected chi connectivity index (χ1v) is 6.79. The molecule has 0 amide bonds. The number of anilines is 1. The molecule has 20 heavy (non-hydrogen) atoms. The van der Waals surface area contributed by atoms with Gasteiger partial charge in [0.2, 0.25) is 5.95 Å². The summed E-state index contributed by atoms with van der Waals surface area (Å²) in [6, 6.07) is 12.0. The zero-order chi connectivity index (χ0) is 13.8. The number of hydrogen-bond acceptors (Lipinski definition) is 4. The molecule has 3 aromatic rings. The Morgan fingerprint density at radius 3 is 2.85 bits per heavy atom. The van der Waals surface area contributed by atoms with Gasteiger partial charge in [-0.15, -0.1) is 0 Å². The van der Waals surface area contributed by atoms with Crippen molar-refractivity contribution in [3.8, 4) is 11.3 Å². The molecule has 0 radical (unpaired) electrons. The fourth-order valence-corrected chi connectivity index (χ4v) is 2.16. The molecule has 0 spiro atoms. The van der Waals surface area contributed by atoms with Crippen molar-refractivity contribution in [3.05, 3.63) is 48.8 Å². The molecule has 1 aromatic carbocycles. The average molecular weight is 264 g/mol. The Morgan fingerprint density at radius 1 is 1.00 bits per heavy atom. The quantitative estimate of drug-likeness (QED) is 0.783. The van der Waals surface area contributed by atoms with Crippen LogP contribution >= 0.6 is 0 Å². The van der Waals surface area contributed by atoms with Gasteiger partial charge in [0.15, 0.2) is 0 Å². The van der Waals surface area contributed by atoms with Gasteiger partial charge in [0.25, 0.3) is 0 Å². The van der Waals surface area contributed by atoms with E-state index in [9.17, 15) is 0 Å². The number of pyridine rings is 1. The lowest BCUT2D eigenvalue weighted by Gasteiger charge is -2.07. The van der Waals surface area contributed by atoms with Crippen molar-refractivity contribution in [2.24, 2.45) is 0 Å². The van der Waals surface area contributed by atoms with Gasteiger partial charge in [-0.3, -0.25) is 4.98 Å². The van der Waals surface area contributed by atoms with Crippen molar-refractivity contribution in [2.45, 2.75) is 13.3 Å². The molecule has 0 fully saturated rings. The van der Waals surface area contributed by atoms with Crippen molar-refractivity contribution in [3.63, 3.8) is 0 Å². The summed E-state index contributed by atoms with van der Waals surface area (Å²) in [5.74, 6) is 0.672. The summed E-state index contributed by atoms with van der Waals surface area (Å²) in [5.41, 5.74) is 2.97. The zero-order valence-corrected chi connectivity index (χ0v) is 11.4. The van der Waals surface area contributed by atoms with Crippen LogP contribution in [0.1, 0.15) is 13.3 Å². The highest BCUT2D eigenvalue weighted by atomic mass is 15.1. The molecule has 0 saturated carbocycles. The standard InChI is InChI=1S/C16H16N4/c1-2-9-18-16-19-11-8-15(20-16)13-5-3-7-14-12(13)6-4-10-17-14/h3-8,10-11H,2,9H2,1H3,(H,18,19,20). The second-order valence-electron chi connectivity index (χ2n) is 4.57. The van der Waals surface area contributed by atoms with Crippen molar-refractivity contribution in [1.29, 1.82) is 0 Å². The van der Waals surface area contributed by atoms with E-state index in [1.54, 1.807) is 12.4 Å². The van der Waals surface area contributed by atoms with Gasteiger partial charge in [0.1, 0.15) is 0 Å². The van der Waals surface area contributed by atoms with Gasteiger partial charge in [0, 0.05) is 29.9 Å². The Kier molecular flexibility index (Phi) is 3.54. The van der Waals surface area contributed by atoms with E-state index in [4.69, 9.17) is 0 Å². The van der Waals surface area contributed by atoms with E-state index in [1.807, 2.05) is 24.3 Å². The van der Waals surface area contributed by atoms with Crippen LogP contribution in [0.2, 0.25) is 0 Å².